The number of hydrogen-bond donors (Lipinski definition) is 1. The molecule has 0 saturated carbocycles. The van der Waals surface area contributed by atoms with Gasteiger partial charge in [0.2, 0.25) is 5.89 Å². The number of aromatic nitrogens is 1. The Morgan fingerprint density at radius 2 is 1.92 bits per heavy atom. The summed E-state index contributed by atoms with van der Waals surface area (Å²) in [7, 11) is 1.64. The molecule has 1 aliphatic heterocycles. The molecule has 3 aromatic rings. The maximum atomic E-state index is 5.82. The smallest absolute Gasteiger partial charge is 0.214 e. The van der Waals surface area contributed by atoms with E-state index < -0.39 is 0 Å². The van der Waals surface area contributed by atoms with Gasteiger partial charge in [0.25, 0.3) is 0 Å². The minimum Gasteiger partial charge on any atom is -0.497 e. The Hall–Kier alpha value is -3.15. The summed E-state index contributed by atoms with van der Waals surface area (Å²) < 4.78 is 22.3. The summed E-state index contributed by atoms with van der Waals surface area (Å²) in [4.78, 5) is 4.33. The molecule has 0 fully saturated rings. The van der Waals surface area contributed by atoms with E-state index in [1.165, 1.54) is 0 Å². The first-order chi connectivity index (χ1) is 12.3. The zero-order valence-electron chi connectivity index (χ0n) is 13.8. The van der Waals surface area contributed by atoms with Crippen molar-refractivity contribution < 1.29 is 18.6 Å². The Kier molecular flexibility index (Phi) is 4.16. The van der Waals surface area contributed by atoms with Gasteiger partial charge in [0.05, 0.1) is 25.5 Å². The Labute approximate surface area is 145 Å². The molecule has 128 valence electrons. The topological polar surface area (TPSA) is 65.8 Å². The number of rotatable bonds is 5. The maximum Gasteiger partial charge on any atom is 0.214 e. The van der Waals surface area contributed by atoms with Crippen LogP contribution in [0.2, 0.25) is 0 Å². The Bertz CT molecular complexity index is 858. The summed E-state index contributed by atoms with van der Waals surface area (Å²) in [6.45, 7) is 1.57. The number of hydrogen-bond acceptors (Lipinski definition) is 6. The second-order valence-corrected chi connectivity index (χ2v) is 5.53. The molecule has 0 radical (unpaired) electrons. The molecule has 1 aliphatic rings. The average Bonchev–Trinajstić information content (AvgIpc) is 3.15. The van der Waals surface area contributed by atoms with Crippen molar-refractivity contribution in [2.45, 2.75) is 6.54 Å². The first kappa shape index (κ1) is 15.4. The molecule has 0 spiro atoms. The van der Waals surface area contributed by atoms with Gasteiger partial charge >= 0.3 is 0 Å². The third kappa shape index (κ3) is 3.24. The number of nitrogens with zero attached hydrogens (tertiary/aromatic N) is 1. The van der Waals surface area contributed by atoms with Crippen LogP contribution in [0.3, 0.4) is 0 Å². The van der Waals surface area contributed by atoms with Crippen LogP contribution >= 0.6 is 0 Å². The van der Waals surface area contributed by atoms with Gasteiger partial charge in [0.15, 0.2) is 17.3 Å². The fourth-order valence-corrected chi connectivity index (χ4v) is 2.66. The number of oxazole rings is 1. The lowest BCUT2D eigenvalue weighted by molar-refractivity contribution is 0.172. The third-order valence-electron chi connectivity index (χ3n) is 3.92. The third-order valence-corrected chi connectivity index (χ3v) is 3.92. The van der Waals surface area contributed by atoms with E-state index in [4.69, 9.17) is 18.6 Å². The van der Waals surface area contributed by atoms with Crippen LogP contribution in [0.15, 0.2) is 53.1 Å². The van der Waals surface area contributed by atoms with Crippen molar-refractivity contribution in [3.8, 4) is 28.6 Å². The normalized spacial score (nSPS) is 12.7. The highest BCUT2D eigenvalue weighted by molar-refractivity contribution is 5.63. The number of nitrogens with one attached hydrogen (secondary N) is 1. The molecule has 6 nitrogen and oxygen atoms in total. The number of benzene rings is 2. The fraction of sp³-hybridized carbons (Fsp3) is 0.211. The highest BCUT2D eigenvalue weighted by Crippen LogP contribution is 2.37. The number of ether oxygens (including phenoxy) is 3. The molecular weight excluding hydrogens is 320 g/mol. The van der Waals surface area contributed by atoms with E-state index in [0.29, 0.717) is 31.4 Å². The Balaban J connectivity index is 1.46. The van der Waals surface area contributed by atoms with Crippen molar-refractivity contribution in [1.29, 1.82) is 0 Å². The van der Waals surface area contributed by atoms with Crippen LogP contribution in [0.1, 0.15) is 5.89 Å². The van der Waals surface area contributed by atoms with Crippen LogP contribution < -0.4 is 19.5 Å². The molecule has 1 aromatic heterocycles. The number of anilines is 1. The molecule has 2 heterocycles. The molecule has 0 aliphatic carbocycles. The van der Waals surface area contributed by atoms with Crippen LogP contribution in [-0.2, 0) is 6.54 Å². The Morgan fingerprint density at radius 1 is 1.08 bits per heavy atom. The number of fused-ring (bicyclic) bond motifs is 1. The predicted octanol–water partition coefficient (Wildman–Crippen LogP) is 3.73. The summed E-state index contributed by atoms with van der Waals surface area (Å²) in [6.07, 6.45) is 1.72. The Morgan fingerprint density at radius 3 is 2.76 bits per heavy atom. The van der Waals surface area contributed by atoms with E-state index >= 15 is 0 Å². The fourth-order valence-electron chi connectivity index (χ4n) is 2.66. The molecule has 0 bridgehead atoms. The van der Waals surface area contributed by atoms with Gasteiger partial charge in [-0.25, -0.2) is 4.98 Å². The monoisotopic (exact) mass is 338 g/mol. The van der Waals surface area contributed by atoms with Crippen molar-refractivity contribution >= 4 is 5.69 Å². The minimum atomic E-state index is 0.454. The summed E-state index contributed by atoms with van der Waals surface area (Å²) in [6, 6.07) is 13.4. The van der Waals surface area contributed by atoms with Crippen LogP contribution in [0, 0.1) is 0 Å². The zero-order chi connectivity index (χ0) is 17.1. The van der Waals surface area contributed by atoms with E-state index in [0.717, 1.165) is 28.5 Å². The first-order valence-electron chi connectivity index (χ1n) is 8.05. The van der Waals surface area contributed by atoms with Gasteiger partial charge < -0.3 is 23.9 Å². The highest BCUT2D eigenvalue weighted by Gasteiger charge is 2.16. The summed E-state index contributed by atoms with van der Waals surface area (Å²) in [5.41, 5.74) is 1.81. The minimum absolute atomic E-state index is 0.454. The second-order valence-electron chi connectivity index (χ2n) is 5.53. The number of methoxy groups -OCH3 is 1. The molecule has 6 heteroatoms. The van der Waals surface area contributed by atoms with Gasteiger partial charge in [-0.2, -0.15) is 0 Å². The summed E-state index contributed by atoms with van der Waals surface area (Å²) in [5, 5.41) is 3.29. The molecule has 0 atom stereocenters. The van der Waals surface area contributed by atoms with Crippen molar-refractivity contribution in [2.24, 2.45) is 0 Å². The number of para-hydroxylation sites is 1. The predicted molar refractivity (Wildman–Crippen MR) is 93.2 cm³/mol. The quantitative estimate of drug-likeness (QED) is 0.764. The van der Waals surface area contributed by atoms with E-state index in [-0.39, 0.29) is 0 Å². The molecule has 0 unspecified atom stereocenters. The highest BCUT2D eigenvalue weighted by atomic mass is 16.6. The van der Waals surface area contributed by atoms with Crippen LogP contribution in [-0.4, -0.2) is 25.3 Å². The van der Waals surface area contributed by atoms with Gasteiger partial charge in [-0.15, -0.1) is 0 Å². The summed E-state index contributed by atoms with van der Waals surface area (Å²) >= 11 is 0. The SMILES string of the molecule is COc1ccc(-c2cnc(CNc3cccc4c3OCCO4)o2)cc1. The van der Waals surface area contributed by atoms with Crippen molar-refractivity contribution in [1.82, 2.24) is 4.98 Å². The molecule has 25 heavy (non-hydrogen) atoms. The largest absolute Gasteiger partial charge is 0.497 e. The lowest BCUT2D eigenvalue weighted by atomic mass is 10.2. The molecule has 1 N–H and O–H groups in total. The molecule has 4 rings (SSSR count). The molecule has 2 aromatic carbocycles. The first-order valence-corrected chi connectivity index (χ1v) is 8.05. The van der Waals surface area contributed by atoms with Gasteiger partial charge in [0.1, 0.15) is 19.0 Å². The standard InChI is InChI=1S/C19H18N2O4/c1-22-14-7-5-13(6-8-14)17-11-21-18(25-17)12-20-15-3-2-4-16-19(15)24-10-9-23-16/h2-8,11,20H,9-10,12H2,1H3. The van der Waals surface area contributed by atoms with Gasteiger partial charge in [-0.05, 0) is 36.4 Å². The van der Waals surface area contributed by atoms with Gasteiger partial charge in [-0.3, -0.25) is 0 Å². The lowest BCUT2D eigenvalue weighted by Gasteiger charge is -2.21. The lowest BCUT2D eigenvalue weighted by Crippen LogP contribution is -2.16. The van der Waals surface area contributed by atoms with Crippen LogP contribution in [0.5, 0.6) is 17.2 Å². The van der Waals surface area contributed by atoms with Crippen LogP contribution in [0.4, 0.5) is 5.69 Å². The van der Waals surface area contributed by atoms with Crippen molar-refractivity contribution in [2.75, 3.05) is 25.6 Å². The molecular formula is C19H18N2O4. The van der Waals surface area contributed by atoms with Crippen LogP contribution in [0.25, 0.3) is 11.3 Å². The van der Waals surface area contributed by atoms with E-state index in [1.807, 2.05) is 42.5 Å². The van der Waals surface area contributed by atoms with Gasteiger partial charge in [-0.1, -0.05) is 6.07 Å². The van der Waals surface area contributed by atoms with Gasteiger partial charge in [0, 0.05) is 5.56 Å². The molecule has 0 saturated heterocycles. The van der Waals surface area contributed by atoms with E-state index in [9.17, 15) is 0 Å². The van der Waals surface area contributed by atoms with Crippen molar-refractivity contribution in [3.05, 3.63) is 54.6 Å². The average molecular weight is 338 g/mol. The van der Waals surface area contributed by atoms with E-state index in [1.54, 1.807) is 13.3 Å². The maximum absolute atomic E-state index is 5.82. The summed E-state index contributed by atoms with van der Waals surface area (Å²) in [5.74, 6) is 3.61. The second kappa shape index (κ2) is 6.76. The molecule has 0 amide bonds. The zero-order valence-corrected chi connectivity index (χ0v) is 13.8. The van der Waals surface area contributed by atoms with Crippen molar-refractivity contribution in [3.63, 3.8) is 0 Å². The van der Waals surface area contributed by atoms with E-state index in [2.05, 4.69) is 10.3 Å².